The molecule has 382 valence electrons. The number of para-hydroxylation sites is 1. The van der Waals surface area contributed by atoms with Crippen LogP contribution in [0.25, 0.3) is 10.9 Å². The summed E-state index contributed by atoms with van der Waals surface area (Å²) in [5.74, 6) is -6.72. The summed E-state index contributed by atoms with van der Waals surface area (Å²) >= 11 is 0. The fourth-order valence-corrected chi connectivity index (χ4v) is 7.21. The number of nitrogens with one attached hydrogen (secondary N) is 7. The van der Waals surface area contributed by atoms with Crippen LogP contribution in [0.3, 0.4) is 0 Å². The van der Waals surface area contributed by atoms with Gasteiger partial charge in [-0.1, -0.05) is 42.5 Å². The number of guanidine groups is 2. The summed E-state index contributed by atoms with van der Waals surface area (Å²) in [4.78, 5) is 107. The Bertz CT molecular complexity index is 2520. The number of nitrogens with two attached hydrogens (primary N) is 5. The SMILES string of the molecule is C[C@H](N)C(=O)N[C@@H](C)C(=O)N[C@@H](Cc1ccc(O)cc1)C(=O)N[C@@H](CCCN=C(N)N)C(=O)N[C@@H](Cc1c[nH]c2ccccc12)C(=O)N[C@@H](Cc1ccc(O)cc1)C(=O)N[C@@H](CCCN=C(N)N)C(=O)O. The van der Waals surface area contributed by atoms with Crippen molar-refractivity contribution >= 4 is 64.2 Å². The van der Waals surface area contributed by atoms with Gasteiger partial charge in [0.1, 0.15) is 47.8 Å². The molecular formula is C47H64N14O10. The Hall–Kier alpha value is -8.41. The van der Waals surface area contributed by atoms with Crippen LogP contribution >= 0.6 is 0 Å². The number of amides is 6. The number of carbonyl (C=O) groups is 7. The van der Waals surface area contributed by atoms with E-state index >= 15 is 0 Å². The third kappa shape index (κ3) is 18.2. The van der Waals surface area contributed by atoms with Gasteiger partial charge in [0.2, 0.25) is 35.4 Å². The number of aliphatic imine (C=N–C) groups is 2. The van der Waals surface area contributed by atoms with Gasteiger partial charge in [-0.2, -0.15) is 0 Å². The fourth-order valence-electron chi connectivity index (χ4n) is 7.21. The Labute approximate surface area is 409 Å². The van der Waals surface area contributed by atoms with E-state index in [0.717, 1.165) is 5.52 Å². The lowest BCUT2D eigenvalue weighted by Crippen LogP contribution is -2.60. The summed E-state index contributed by atoms with van der Waals surface area (Å²) in [7, 11) is 0. The van der Waals surface area contributed by atoms with Crippen molar-refractivity contribution in [1.82, 2.24) is 36.9 Å². The summed E-state index contributed by atoms with van der Waals surface area (Å²) in [5, 5.41) is 46.3. The van der Waals surface area contributed by atoms with Crippen LogP contribution in [-0.2, 0) is 52.8 Å². The summed E-state index contributed by atoms with van der Waals surface area (Å²) < 4.78 is 0. The lowest BCUT2D eigenvalue weighted by atomic mass is 10.0. The maximum atomic E-state index is 14.7. The highest BCUT2D eigenvalue weighted by Gasteiger charge is 2.34. The molecule has 1 heterocycles. The Morgan fingerprint density at radius 1 is 0.549 bits per heavy atom. The monoisotopic (exact) mass is 984 g/mol. The van der Waals surface area contributed by atoms with Gasteiger partial charge in [0, 0.05) is 49.5 Å². The number of H-pyrrole nitrogens is 1. The maximum absolute atomic E-state index is 14.7. The largest absolute Gasteiger partial charge is 0.508 e. The number of benzene rings is 3. The van der Waals surface area contributed by atoms with E-state index < -0.39 is 83.7 Å². The summed E-state index contributed by atoms with van der Waals surface area (Å²) in [5.41, 5.74) is 29.8. The smallest absolute Gasteiger partial charge is 0.326 e. The molecule has 0 aliphatic heterocycles. The number of carboxylic acids is 1. The number of aromatic nitrogens is 1. The number of aromatic amines is 1. The number of phenolic OH excluding ortho intramolecular Hbond substituents is 2. The number of aromatic hydroxyl groups is 2. The number of fused-ring (bicyclic) bond motifs is 1. The number of carboxylic acid groups (broad SMARTS) is 1. The highest BCUT2D eigenvalue weighted by Crippen LogP contribution is 2.20. The van der Waals surface area contributed by atoms with Crippen molar-refractivity contribution in [2.24, 2.45) is 38.7 Å². The average molecular weight is 985 g/mol. The van der Waals surface area contributed by atoms with Gasteiger partial charge < -0.3 is 80.9 Å². The van der Waals surface area contributed by atoms with E-state index in [0.29, 0.717) is 22.1 Å². The number of rotatable bonds is 27. The van der Waals surface area contributed by atoms with Crippen LogP contribution in [-0.4, -0.2) is 129 Å². The van der Waals surface area contributed by atoms with E-state index in [-0.39, 0.29) is 81.5 Å². The molecule has 0 saturated heterocycles. The Kier molecular flexibility index (Phi) is 21.0. The molecule has 0 radical (unpaired) electrons. The van der Waals surface area contributed by atoms with E-state index in [9.17, 15) is 48.9 Å². The van der Waals surface area contributed by atoms with Gasteiger partial charge in [-0.25, -0.2) is 4.79 Å². The third-order valence-electron chi connectivity index (χ3n) is 11.1. The average Bonchev–Trinajstić information content (AvgIpc) is 3.73. The van der Waals surface area contributed by atoms with Crippen molar-refractivity contribution < 1.29 is 48.9 Å². The Balaban J connectivity index is 1.70. The minimum atomic E-state index is -1.45. The molecule has 0 aliphatic carbocycles. The lowest BCUT2D eigenvalue weighted by molar-refractivity contribution is -0.142. The molecule has 0 aliphatic rings. The van der Waals surface area contributed by atoms with Crippen LogP contribution in [0.4, 0.5) is 0 Å². The molecule has 0 fully saturated rings. The topological polar surface area (TPSA) is 423 Å². The molecule has 4 rings (SSSR count). The first-order chi connectivity index (χ1) is 33.7. The van der Waals surface area contributed by atoms with Crippen LogP contribution < -0.4 is 60.6 Å². The van der Waals surface area contributed by atoms with Crippen molar-refractivity contribution in [3.63, 3.8) is 0 Å². The molecule has 7 atom stereocenters. The highest BCUT2D eigenvalue weighted by atomic mass is 16.4. The van der Waals surface area contributed by atoms with E-state index in [1.807, 2.05) is 6.07 Å². The predicted octanol–water partition coefficient (Wildman–Crippen LogP) is -1.93. The van der Waals surface area contributed by atoms with Crippen molar-refractivity contribution in [2.75, 3.05) is 13.1 Å². The Morgan fingerprint density at radius 2 is 0.972 bits per heavy atom. The number of carbonyl (C=O) groups excluding carboxylic acids is 6. The molecular weight excluding hydrogens is 921 g/mol. The number of aliphatic carboxylic acids is 1. The first-order valence-corrected chi connectivity index (χ1v) is 22.7. The summed E-state index contributed by atoms with van der Waals surface area (Å²) in [6.07, 6.45) is 1.33. The standard InChI is InChI=1S/C47H64N14O10/c1-25(48)39(64)56-26(2)40(65)59-36(21-27-11-15-30(62)16-12-27)42(67)57-34(9-5-19-53-46(49)50)41(66)61-38(23-29-24-55-33-8-4-3-7-32(29)33)44(69)60-37(22-28-13-17-31(63)18-14-28)43(68)58-35(45(70)71)10-6-20-54-47(51)52/h3-4,7-8,11-18,24-26,34-38,55,62-63H,5-6,9-10,19-23,48H2,1-2H3,(H,56,64)(H,57,67)(H,58,68)(H,59,65)(H,60,69)(H,61,66)(H,70,71)(H4,49,50,53)(H4,51,52,54)/t25-,26-,34-,35-,36-,37-,38-/m0/s1. The molecule has 0 unspecified atom stereocenters. The quantitative estimate of drug-likeness (QED) is 0.0176. The second kappa shape index (κ2) is 27.0. The van der Waals surface area contributed by atoms with E-state index in [1.165, 1.54) is 62.4 Å². The van der Waals surface area contributed by atoms with Gasteiger partial charge in [0.25, 0.3) is 0 Å². The van der Waals surface area contributed by atoms with Gasteiger partial charge in [0.05, 0.1) is 6.04 Å². The zero-order valence-corrected chi connectivity index (χ0v) is 39.4. The zero-order chi connectivity index (χ0) is 52.2. The summed E-state index contributed by atoms with van der Waals surface area (Å²) in [6, 6.07) is 9.65. The van der Waals surface area contributed by atoms with Crippen LogP contribution in [0.2, 0.25) is 0 Å². The molecule has 6 amide bonds. The van der Waals surface area contributed by atoms with Crippen LogP contribution in [0.15, 0.2) is 89.0 Å². The van der Waals surface area contributed by atoms with E-state index in [4.69, 9.17) is 28.7 Å². The molecule has 0 saturated carbocycles. The number of phenols is 2. The number of nitrogens with zero attached hydrogens (tertiary/aromatic N) is 2. The van der Waals surface area contributed by atoms with Crippen molar-refractivity contribution in [1.29, 1.82) is 0 Å². The lowest BCUT2D eigenvalue weighted by Gasteiger charge is -2.27. The molecule has 71 heavy (non-hydrogen) atoms. The van der Waals surface area contributed by atoms with Crippen LogP contribution in [0.1, 0.15) is 56.2 Å². The maximum Gasteiger partial charge on any atom is 0.326 e. The third-order valence-corrected chi connectivity index (χ3v) is 11.1. The molecule has 20 N–H and O–H groups in total. The first-order valence-electron chi connectivity index (χ1n) is 22.7. The Morgan fingerprint density at radius 3 is 1.45 bits per heavy atom. The van der Waals surface area contributed by atoms with Crippen LogP contribution in [0, 0.1) is 0 Å². The van der Waals surface area contributed by atoms with Crippen LogP contribution in [0.5, 0.6) is 11.5 Å². The molecule has 0 bridgehead atoms. The van der Waals surface area contributed by atoms with Gasteiger partial charge in [0.15, 0.2) is 11.9 Å². The molecule has 3 aromatic carbocycles. The molecule has 24 heteroatoms. The fraction of sp³-hybridized carbons (Fsp3) is 0.383. The van der Waals surface area contributed by atoms with Crippen molar-refractivity contribution in [2.45, 2.75) is 101 Å². The first kappa shape index (κ1) is 55.2. The van der Waals surface area contributed by atoms with Crippen molar-refractivity contribution in [3.8, 4) is 11.5 Å². The molecule has 0 spiro atoms. The zero-order valence-electron chi connectivity index (χ0n) is 39.4. The van der Waals surface area contributed by atoms with Gasteiger partial charge in [-0.15, -0.1) is 0 Å². The molecule has 1 aromatic heterocycles. The highest BCUT2D eigenvalue weighted by molar-refractivity contribution is 5.97. The molecule has 4 aromatic rings. The van der Waals surface area contributed by atoms with Gasteiger partial charge in [-0.05, 0) is 86.6 Å². The predicted molar refractivity (Wildman–Crippen MR) is 264 cm³/mol. The minimum absolute atomic E-state index is 0.0331. The van der Waals surface area contributed by atoms with Gasteiger partial charge >= 0.3 is 5.97 Å². The summed E-state index contributed by atoms with van der Waals surface area (Å²) in [6.45, 7) is 2.94. The number of hydrogen-bond acceptors (Lipinski definition) is 12. The normalized spacial score (nSPS) is 13.9. The molecule has 24 nitrogen and oxygen atoms in total. The number of hydrogen-bond donors (Lipinski definition) is 15. The van der Waals surface area contributed by atoms with E-state index in [1.54, 1.807) is 24.4 Å². The minimum Gasteiger partial charge on any atom is -0.508 e. The second-order valence-corrected chi connectivity index (χ2v) is 16.9. The van der Waals surface area contributed by atoms with Crippen molar-refractivity contribution in [3.05, 3.63) is 95.7 Å². The second-order valence-electron chi connectivity index (χ2n) is 16.9. The van der Waals surface area contributed by atoms with Gasteiger partial charge in [-0.3, -0.25) is 38.8 Å². The van der Waals surface area contributed by atoms with E-state index in [2.05, 4.69) is 46.9 Å².